The Labute approximate surface area is 120 Å². The van der Waals surface area contributed by atoms with Crippen LogP contribution in [-0.4, -0.2) is 14.9 Å². The van der Waals surface area contributed by atoms with Crippen LogP contribution >= 0.6 is 27.5 Å². The fourth-order valence-electron chi connectivity index (χ4n) is 1.86. The van der Waals surface area contributed by atoms with E-state index in [-0.39, 0.29) is 0 Å². The van der Waals surface area contributed by atoms with Crippen molar-refractivity contribution in [2.45, 2.75) is 18.9 Å². The second-order valence-corrected chi connectivity index (χ2v) is 5.46. The zero-order chi connectivity index (χ0) is 13.1. The Bertz CT molecular complexity index is 542. The average molecular weight is 330 g/mol. The van der Waals surface area contributed by atoms with Crippen LogP contribution in [0.4, 0.5) is 0 Å². The van der Waals surface area contributed by atoms with E-state index in [2.05, 4.69) is 21.0 Å². The molecule has 96 valence electrons. The molecule has 18 heavy (non-hydrogen) atoms. The van der Waals surface area contributed by atoms with Crippen molar-refractivity contribution in [2.75, 3.05) is 0 Å². The molecular formula is C13H14BrClN2O. The highest BCUT2D eigenvalue weighted by Gasteiger charge is 2.12. The summed E-state index contributed by atoms with van der Waals surface area (Å²) in [5.74, 6) is 0. The van der Waals surface area contributed by atoms with Gasteiger partial charge in [0.15, 0.2) is 0 Å². The number of aromatic nitrogens is 2. The molecule has 0 aliphatic rings. The molecule has 0 saturated heterocycles. The average Bonchev–Trinajstić information content (AvgIpc) is 2.72. The highest BCUT2D eigenvalue weighted by molar-refractivity contribution is 9.10. The normalized spacial score (nSPS) is 12.7. The number of hydrogen-bond donors (Lipinski definition) is 1. The lowest BCUT2D eigenvalue weighted by atomic mass is 10.0. The summed E-state index contributed by atoms with van der Waals surface area (Å²) in [6.45, 7) is 0. The number of halogens is 2. The molecule has 0 radical (unpaired) electrons. The minimum atomic E-state index is -0.508. The molecule has 0 fully saturated rings. The van der Waals surface area contributed by atoms with Gasteiger partial charge < -0.3 is 5.11 Å². The molecule has 3 nitrogen and oxygen atoms in total. The Kier molecular flexibility index (Phi) is 4.43. The van der Waals surface area contributed by atoms with E-state index in [1.165, 1.54) is 0 Å². The predicted octanol–water partition coefficient (Wildman–Crippen LogP) is 3.50. The quantitative estimate of drug-likeness (QED) is 0.932. The molecule has 0 aliphatic heterocycles. The van der Waals surface area contributed by atoms with Gasteiger partial charge in [-0.15, -0.1) is 0 Å². The van der Waals surface area contributed by atoms with Gasteiger partial charge >= 0.3 is 0 Å². The van der Waals surface area contributed by atoms with Crippen LogP contribution in [0.2, 0.25) is 5.02 Å². The Morgan fingerprint density at radius 2 is 2.22 bits per heavy atom. The standard InChI is InChI=1S/C13H14BrClN2O/c1-17-10(6-7-16-17)3-5-13(18)11-4-2-9(15)8-12(11)14/h2,4,6-8,13,18H,3,5H2,1H3. The predicted molar refractivity (Wildman–Crippen MR) is 75.6 cm³/mol. The fourth-order valence-corrected chi connectivity index (χ4v) is 2.81. The highest BCUT2D eigenvalue weighted by Crippen LogP contribution is 2.29. The molecule has 0 aliphatic carbocycles. The number of aliphatic hydroxyl groups is 1. The maximum Gasteiger partial charge on any atom is 0.0804 e. The van der Waals surface area contributed by atoms with Crippen molar-refractivity contribution >= 4 is 27.5 Å². The summed E-state index contributed by atoms with van der Waals surface area (Å²) >= 11 is 9.30. The molecule has 0 bridgehead atoms. The van der Waals surface area contributed by atoms with Gasteiger partial charge in [-0.3, -0.25) is 4.68 Å². The summed E-state index contributed by atoms with van der Waals surface area (Å²) in [5.41, 5.74) is 1.97. The Morgan fingerprint density at radius 3 is 2.83 bits per heavy atom. The van der Waals surface area contributed by atoms with Gasteiger partial charge in [0, 0.05) is 28.4 Å². The van der Waals surface area contributed by atoms with Crippen molar-refractivity contribution in [3.05, 3.63) is 51.2 Å². The number of rotatable bonds is 4. The first-order valence-corrected chi connectivity index (χ1v) is 6.85. The minimum Gasteiger partial charge on any atom is -0.388 e. The van der Waals surface area contributed by atoms with E-state index >= 15 is 0 Å². The SMILES string of the molecule is Cn1nccc1CCC(O)c1ccc(Cl)cc1Br. The van der Waals surface area contributed by atoms with Crippen molar-refractivity contribution in [3.8, 4) is 0 Å². The number of benzene rings is 1. The van der Waals surface area contributed by atoms with Crippen LogP contribution in [0.1, 0.15) is 23.8 Å². The first-order chi connectivity index (χ1) is 8.58. The van der Waals surface area contributed by atoms with Gasteiger partial charge in [-0.2, -0.15) is 5.10 Å². The topological polar surface area (TPSA) is 38.0 Å². The van der Waals surface area contributed by atoms with Crippen molar-refractivity contribution in [1.82, 2.24) is 9.78 Å². The smallest absolute Gasteiger partial charge is 0.0804 e. The zero-order valence-corrected chi connectivity index (χ0v) is 12.3. The van der Waals surface area contributed by atoms with Gasteiger partial charge in [0.2, 0.25) is 0 Å². The van der Waals surface area contributed by atoms with Crippen molar-refractivity contribution in [1.29, 1.82) is 0 Å². The number of aryl methyl sites for hydroxylation is 2. The Morgan fingerprint density at radius 1 is 1.44 bits per heavy atom. The molecule has 1 N–H and O–H groups in total. The monoisotopic (exact) mass is 328 g/mol. The van der Waals surface area contributed by atoms with Crippen LogP contribution in [0.25, 0.3) is 0 Å². The van der Waals surface area contributed by atoms with Gasteiger partial charge in [0.25, 0.3) is 0 Å². The van der Waals surface area contributed by atoms with Gasteiger partial charge in [-0.05, 0) is 36.6 Å². The second-order valence-electron chi connectivity index (χ2n) is 4.17. The Balaban J connectivity index is 2.03. The summed E-state index contributed by atoms with van der Waals surface area (Å²) in [6, 6.07) is 7.39. The van der Waals surface area contributed by atoms with Gasteiger partial charge in [-0.1, -0.05) is 33.6 Å². The first-order valence-electron chi connectivity index (χ1n) is 5.68. The van der Waals surface area contributed by atoms with E-state index in [1.54, 1.807) is 18.3 Å². The third-order valence-corrected chi connectivity index (χ3v) is 3.84. The van der Waals surface area contributed by atoms with Crippen LogP contribution in [0.5, 0.6) is 0 Å². The van der Waals surface area contributed by atoms with Gasteiger partial charge in [0.05, 0.1) is 6.10 Å². The molecule has 5 heteroatoms. The van der Waals surface area contributed by atoms with Crippen molar-refractivity contribution < 1.29 is 5.11 Å². The van der Waals surface area contributed by atoms with Crippen molar-refractivity contribution in [2.24, 2.45) is 7.05 Å². The largest absolute Gasteiger partial charge is 0.388 e. The molecule has 2 rings (SSSR count). The van der Waals surface area contributed by atoms with Crippen LogP contribution in [-0.2, 0) is 13.5 Å². The summed E-state index contributed by atoms with van der Waals surface area (Å²) in [7, 11) is 1.90. The fraction of sp³-hybridized carbons (Fsp3) is 0.308. The molecule has 1 unspecified atom stereocenters. The summed E-state index contributed by atoms with van der Waals surface area (Å²) in [5, 5.41) is 14.9. The van der Waals surface area contributed by atoms with E-state index in [1.807, 2.05) is 23.9 Å². The van der Waals surface area contributed by atoms with E-state index in [0.29, 0.717) is 11.4 Å². The van der Waals surface area contributed by atoms with Gasteiger partial charge in [-0.25, -0.2) is 0 Å². The minimum absolute atomic E-state index is 0.508. The molecule has 0 amide bonds. The van der Waals surface area contributed by atoms with Crippen LogP contribution < -0.4 is 0 Å². The summed E-state index contributed by atoms with van der Waals surface area (Å²) in [6.07, 6.45) is 2.69. The zero-order valence-electron chi connectivity index (χ0n) is 9.98. The van der Waals surface area contributed by atoms with Crippen LogP contribution in [0.15, 0.2) is 34.9 Å². The lowest BCUT2D eigenvalue weighted by molar-refractivity contribution is 0.166. The third kappa shape index (κ3) is 3.13. The summed E-state index contributed by atoms with van der Waals surface area (Å²) < 4.78 is 2.66. The Hall–Kier alpha value is -0.840. The molecular weight excluding hydrogens is 316 g/mol. The van der Waals surface area contributed by atoms with Crippen molar-refractivity contribution in [3.63, 3.8) is 0 Å². The highest BCUT2D eigenvalue weighted by atomic mass is 79.9. The lowest BCUT2D eigenvalue weighted by Crippen LogP contribution is -2.04. The third-order valence-electron chi connectivity index (χ3n) is 2.92. The van der Waals surface area contributed by atoms with E-state index < -0.39 is 6.10 Å². The summed E-state index contributed by atoms with van der Waals surface area (Å²) in [4.78, 5) is 0. The number of nitrogens with zero attached hydrogens (tertiary/aromatic N) is 2. The molecule has 1 aromatic carbocycles. The second kappa shape index (κ2) is 5.87. The molecule has 2 aromatic rings. The van der Waals surface area contributed by atoms with Crippen LogP contribution in [0.3, 0.4) is 0 Å². The van der Waals surface area contributed by atoms with E-state index in [9.17, 15) is 5.11 Å². The first kappa shape index (κ1) is 13.6. The maximum absolute atomic E-state index is 10.2. The van der Waals surface area contributed by atoms with Crippen LogP contribution in [0, 0.1) is 0 Å². The lowest BCUT2D eigenvalue weighted by Gasteiger charge is -2.13. The molecule has 0 saturated carbocycles. The molecule has 1 aromatic heterocycles. The number of hydrogen-bond acceptors (Lipinski definition) is 2. The van der Waals surface area contributed by atoms with E-state index in [4.69, 9.17) is 11.6 Å². The molecule has 1 atom stereocenters. The molecule has 1 heterocycles. The van der Waals surface area contributed by atoms with E-state index in [0.717, 1.165) is 22.2 Å². The number of aliphatic hydroxyl groups excluding tert-OH is 1. The maximum atomic E-state index is 10.2. The molecule has 0 spiro atoms. The van der Waals surface area contributed by atoms with Gasteiger partial charge in [0.1, 0.15) is 0 Å².